The van der Waals surface area contributed by atoms with E-state index in [1.807, 2.05) is 74.5 Å². The van der Waals surface area contributed by atoms with Crippen molar-refractivity contribution in [1.29, 1.82) is 0 Å². The van der Waals surface area contributed by atoms with Gasteiger partial charge >= 0.3 is 145 Å². The normalized spacial score (nSPS) is 11.9. The molecule has 0 saturated heterocycles. The van der Waals surface area contributed by atoms with E-state index in [9.17, 15) is 0 Å². The van der Waals surface area contributed by atoms with Gasteiger partial charge in [0.1, 0.15) is 0 Å². The van der Waals surface area contributed by atoms with Crippen molar-refractivity contribution in [3.05, 3.63) is 85.0 Å². The van der Waals surface area contributed by atoms with E-state index >= 15 is 0 Å². The van der Waals surface area contributed by atoms with Crippen molar-refractivity contribution >= 4 is 19.2 Å². The van der Waals surface area contributed by atoms with Crippen molar-refractivity contribution in [3.8, 4) is 11.5 Å². The molecule has 0 aromatic heterocycles. The van der Waals surface area contributed by atoms with Crippen LogP contribution < -0.4 is 6.15 Å². The molecule has 0 atom stereocenters. The summed E-state index contributed by atoms with van der Waals surface area (Å²) in [6.07, 6.45) is 8.49. The summed E-state index contributed by atoms with van der Waals surface area (Å²) in [4.78, 5) is 0. The molecule has 0 fully saturated rings. The Labute approximate surface area is 144 Å². The Bertz CT molecular complexity index is 563. The number of allylic oxidation sites excluding steroid dienone is 4. The van der Waals surface area contributed by atoms with Crippen LogP contribution >= 0.6 is 0 Å². The van der Waals surface area contributed by atoms with Crippen LogP contribution in [0.3, 0.4) is 0 Å². The van der Waals surface area contributed by atoms with Crippen molar-refractivity contribution in [2.75, 3.05) is 0 Å². The molecule has 2 rings (SSSR count). The first-order valence-electron chi connectivity index (χ1n) is 7.98. The van der Waals surface area contributed by atoms with Gasteiger partial charge in [-0.2, -0.15) is 0 Å². The predicted molar refractivity (Wildman–Crippen MR) is 99.1 cm³/mol. The molecule has 0 heterocycles. The van der Waals surface area contributed by atoms with Crippen LogP contribution in [0, 0.1) is 0 Å². The van der Waals surface area contributed by atoms with Crippen molar-refractivity contribution in [3.63, 3.8) is 0 Å². The van der Waals surface area contributed by atoms with Crippen molar-refractivity contribution in [1.82, 2.24) is 0 Å². The van der Waals surface area contributed by atoms with Gasteiger partial charge in [0.05, 0.1) is 0 Å². The van der Waals surface area contributed by atoms with Crippen LogP contribution in [-0.4, -0.2) is 19.2 Å². The van der Waals surface area contributed by atoms with E-state index in [0.717, 1.165) is 20.4 Å². The number of benzene rings is 2. The summed E-state index contributed by atoms with van der Waals surface area (Å²) in [6, 6.07) is 20.0. The predicted octanol–water partition coefficient (Wildman–Crippen LogP) is 5.74. The zero-order chi connectivity index (χ0) is 16.4. The van der Waals surface area contributed by atoms with Gasteiger partial charge in [-0.3, -0.25) is 0 Å². The van der Waals surface area contributed by atoms with Crippen molar-refractivity contribution < 1.29 is 6.15 Å². The van der Waals surface area contributed by atoms with Crippen LogP contribution in [0.25, 0.3) is 0 Å². The van der Waals surface area contributed by atoms with Gasteiger partial charge in [-0.05, 0) is 0 Å². The standard InChI is InChI=1S/2C6H6O.2C4H7.Sn/c2*7-6-4-2-1-3-5-6;2*1-3-4-2;/h2*1-5,7H;2*3-4H,1H2,2H3;/q;;;;+2/p-2. The van der Waals surface area contributed by atoms with Crippen LogP contribution in [0.15, 0.2) is 85.0 Å². The van der Waals surface area contributed by atoms with Gasteiger partial charge in [-0.25, -0.2) is 0 Å². The molecule has 0 bridgehead atoms. The van der Waals surface area contributed by atoms with E-state index in [1.165, 1.54) is 0 Å². The molecule has 3 heteroatoms. The molecule has 120 valence electrons. The maximum absolute atomic E-state index is 6.50. The summed E-state index contributed by atoms with van der Waals surface area (Å²) >= 11 is -3.38. The van der Waals surface area contributed by atoms with Gasteiger partial charge < -0.3 is 0 Å². The fraction of sp³-hybridized carbons (Fsp3) is 0.200. The molecule has 0 aliphatic heterocycles. The van der Waals surface area contributed by atoms with Crippen molar-refractivity contribution in [2.45, 2.75) is 22.7 Å². The molecular formula is C20H24O2Sn. The Morgan fingerprint density at radius 3 is 1.43 bits per heavy atom. The Kier molecular flexibility index (Phi) is 7.26. The molecule has 0 N–H and O–H groups in total. The second-order valence-corrected chi connectivity index (χ2v) is 14.0. The zero-order valence-corrected chi connectivity index (χ0v) is 16.7. The molecule has 0 unspecified atom stereocenters. The first-order chi connectivity index (χ1) is 11.3. The van der Waals surface area contributed by atoms with E-state index in [-0.39, 0.29) is 0 Å². The second-order valence-electron chi connectivity index (χ2n) is 5.29. The number of hydrogen-bond donors (Lipinski definition) is 0. The molecule has 2 aromatic carbocycles. The molecular weight excluding hydrogens is 391 g/mol. The molecule has 23 heavy (non-hydrogen) atoms. The van der Waals surface area contributed by atoms with Crippen molar-refractivity contribution in [2.24, 2.45) is 0 Å². The minimum atomic E-state index is -3.38. The summed E-state index contributed by atoms with van der Waals surface area (Å²) in [5.74, 6) is 1.79. The average molecular weight is 415 g/mol. The summed E-state index contributed by atoms with van der Waals surface area (Å²) in [6.45, 7) is 4.08. The number of hydrogen-bond acceptors (Lipinski definition) is 2. The Hall–Kier alpha value is -1.68. The summed E-state index contributed by atoms with van der Waals surface area (Å²) < 4.78 is 14.7. The van der Waals surface area contributed by atoms with Crippen LogP contribution in [-0.2, 0) is 0 Å². The summed E-state index contributed by atoms with van der Waals surface area (Å²) in [5.41, 5.74) is 0. The molecule has 0 aliphatic carbocycles. The fourth-order valence-electron chi connectivity index (χ4n) is 2.27. The topological polar surface area (TPSA) is 18.5 Å². The third kappa shape index (κ3) is 5.79. The maximum atomic E-state index is 6.50. The molecule has 2 aromatic rings. The van der Waals surface area contributed by atoms with Crippen LogP contribution in [0.1, 0.15) is 13.8 Å². The first-order valence-corrected chi connectivity index (χ1v) is 14.3. The fourth-order valence-corrected chi connectivity index (χ4v) is 10.4. The Balaban J connectivity index is 2.32. The van der Waals surface area contributed by atoms with Crippen LogP contribution in [0.4, 0.5) is 0 Å². The van der Waals surface area contributed by atoms with E-state index in [0.29, 0.717) is 0 Å². The molecule has 0 saturated carbocycles. The number of para-hydroxylation sites is 2. The van der Waals surface area contributed by atoms with Gasteiger partial charge in [-0.15, -0.1) is 0 Å². The zero-order valence-electron chi connectivity index (χ0n) is 13.8. The van der Waals surface area contributed by atoms with E-state index in [2.05, 4.69) is 24.3 Å². The minimum absolute atomic E-state index is 0.874. The number of rotatable bonds is 8. The monoisotopic (exact) mass is 416 g/mol. The van der Waals surface area contributed by atoms with Crippen LogP contribution in [0.2, 0.25) is 8.87 Å². The molecule has 0 aliphatic rings. The Morgan fingerprint density at radius 2 is 1.09 bits per heavy atom. The Morgan fingerprint density at radius 1 is 0.696 bits per heavy atom. The average Bonchev–Trinajstić information content (AvgIpc) is 2.60. The van der Waals surface area contributed by atoms with E-state index in [1.54, 1.807) is 0 Å². The van der Waals surface area contributed by atoms with Gasteiger partial charge in [0.15, 0.2) is 0 Å². The van der Waals surface area contributed by atoms with Gasteiger partial charge in [0, 0.05) is 0 Å². The molecule has 0 radical (unpaired) electrons. The van der Waals surface area contributed by atoms with Gasteiger partial charge in [0.25, 0.3) is 0 Å². The van der Waals surface area contributed by atoms with Gasteiger partial charge in [-0.1, -0.05) is 0 Å². The molecule has 0 spiro atoms. The third-order valence-corrected chi connectivity index (χ3v) is 11.8. The molecule has 0 amide bonds. The van der Waals surface area contributed by atoms with Crippen LogP contribution in [0.5, 0.6) is 11.5 Å². The van der Waals surface area contributed by atoms with E-state index < -0.39 is 19.2 Å². The molecule has 2 nitrogen and oxygen atoms in total. The third-order valence-electron chi connectivity index (χ3n) is 3.42. The quantitative estimate of drug-likeness (QED) is 0.405. The van der Waals surface area contributed by atoms with E-state index in [4.69, 9.17) is 6.15 Å². The SMILES string of the molecule is CC=C[CH2][Sn]([CH2]C=CC)([O]c1ccccc1)[O]c1ccccc1. The summed E-state index contributed by atoms with van der Waals surface area (Å²) in [5, 5.41) is 0. The first kappa shape index (κ1) is 17.7. The second kappa shape index (κ2) is 9.46. The summed E-state index contributed by atoms with van der Waals surface area (Å²) in [7, 11) is 0. The van der Waals surface area contributed by atoms with Gasteiger partial charge in [0.2, 0.25) is 0 Å².